The third kappa shape index (κ3) is 38.4. The van der Waals surface area contributed by atoms with Crippen molar-refractivity contribution in [2.45, 2.75) is 6.92 Å². The summed E-state index contributed by atoms with van der Waals surface area (Å²) >= 11 is 0. The Morgan fingerprint density at radius 1 is 1.16 bits per heavy atom. The van der Waals surface area contributed by atoms with Crippen LogP contribution in [0.1, 0.15) is 6.92 Å². The molecule has 0 fully saturated rings. The number of hydrogen-bond donors (Lipinski definition) is 2. The highest BCUT2D eigenvalue weighted by atomic mass is 32.3. The van der Waals surface area contributed by atoms with Gasteiger partial charge in [0.05, 0.1) is 13.2 Å². The largest absolute Gasteiger partial charge is 0.481 e. The molecule has 0 rings (SSSR count). The van der Waals surface area contributed by atoms with Gasteiger partial charge in [-0.25, -0.2) is 8.37 Å². The Labute approximate surface area is 114 Å². The molecule has 0 atom stereocenters. The van der Waals surface area contributed by atoms with Crippen molar-refractivity contribution in [1.82, 2.24) is 0 Å². The van der Waals surface area contributed by atoms with Crippen molar-refractivity contribution in [2.24, 2.45) is 5.73 Å². The first-order chi connectivity index (χ1) is 8.77. The highest BCUT2D eigenvalue weighted by Gasteiger charge is 2.08. The molecule has 3 N–H and O–H groups in total. The second kappa shape index (κ2) is 16.5. The Bertz CT molecular complexity index is 328. The van der Waals surface area contributed by atoms with Crippen molar-refractivity contribution in [3.05, 3.63) is 38.0 Å². The lowest BCUT2D eigenvalue weighted by Gasteiger charge is -2.00. The van der Waals surface area contributed by atoms with E-state index in [4.69, 9.17) is 15.6 Å². The normalized spacial score (nSPS) is 8.95. The Kier molecular flexibility index (Phi) is 19.7. The molecule has 0 radical (unpaired) electrons. The molecule has 8 heteroatoms. The van der Waals surface area contributed by atoms with Gasteiger partial charge >= 0.3 is 10.4 Å². The van der Waals surface area contributed by atoms with Gasteiger partial charge in [-0.05, 0) is 0 Å². The minimum atomic E-state index is -3.85. The van der Waals surface area contributed by atoms with Gasteiger partial charge in [0.25, 0.3) is 5.97 Å². The van der Waals surface area contributed by atoms with Crippen LogP contribution in [-0.4, -0.2) is 39.3 Å². The molecule has 0 spiro atoms. The van der Waals surface area contributed by atoms with Crippen LogP contribution in [0.4, 0.5) is 0 Å². The number of carboxylic acids is 1. The SMILES string of the molecule is C=CCN.C=CCOS(=O)(=O)OCC=C.CC(=O)O. The van der Waals surface area contributed by atoms with E-state index >= 15 is 0 Å². The van der Waals surface area contributed by atoms with Crippen LogP contribution < -0.4 is 5.73 Å². The zero-order valence-electron chi connectivity index (χ0n) is 10.9. The predicted octanol–water partition coefficient (Wildman–Crippen LogP) is 0.858. The third-order valence-electron chi connectivity index (χ3n) is 0.827. The van der Waals surface area contributed by atoms with E-state index in [1.165, 1.54) is 12.2 Å². The second-order valence-corrected chi connectivity index (χ2v) is 3.89. The average Bonchev–Trinajstić information content (AvgIpc) is 2.34. The van der Waals surface area contributed by atoms with Crippen LogP contribution in [0.25, 0.3) is 0 Å². The molecule has 0 aromatic heterocycles. The van der Waals surface area contributed by atoms with Crippen LogP contribution in [-0.2, 0) is 23.6 Å². The number of rotatable bonds is 7. The van der Waals surface area contributed by atoms with Gasteiger partial charge in [-0.1, -0.05) is 18.2 Å². The number of aliphatic carboxylic acids is 1. The van der Waals surface area contributed by atoms with Crippen molar-refractivity contribution in [1.29, 1.82) is 0 Å². The zero-order chi connectivity index (χ0) is 15.7. The van der Waals surface area contributed by atoms with E-state index in [1.54, 1.807) is 6.08 Å². The molecule has 0 saturated heterocycles. The van der Waals surface area contributed by atoms with E-state index in [1.807, 2.05) is 0 Å². The molecule has 0 heterocycles. The lowest BCUT2D eigenvalue weighted by atomic mass is 10.7. The number of nitrogens with two attached hydrogens (primary N) is 1. The van der Waals surface area contributed by atoms with E-state index in [0.29, 0.717) is 6.54 Å². The van der Waals surface area contributed by atoms with Gasteiger partial charge < -0.3 is 10.8 Å². The Hall–Kier alpha value is -1.48. The summed E-state index contributed by atoms with van der Waals surface area (Å²) in [6.07, 6.45) is 4.28. The van der Waals surface area contributed by atoms with Crippen LogP contribution in [0.15, 0.2) is 38.0 Å². The van der Waals surface area contributed by atoms with Gasteiger partial charge in [0.1, 0.15) is 0 Å². The van der Waals surface area contributed by atoms with Crippen molar-refractivity contribution in [3.8, 4) is 0 Å². The predicted molar refractivity (Wildman–Crippen MR) is 73.8 cm³/mol. The van der Waals surface area contributed by atoms with Gasteiger partial charge in [0.15, 0.2) is 0 Å². The number of carbonyl (C=O) groups is 1. The smallest absolute Gasteiger partial charge is 0.400 e. The third-order valence-corrected chi connectivity index (χ3v) is 1.68. The lowest BCUT2D eigenvalue weighted by Crippen LogP contribution is -2.09. The summed E-state index contributed by atoms with van der Waals surface area (Å²) in [4.78, 5) is 9.00. The molecule has 7 nitrogen and oxygen atoms in total. The van der Waals surface area contributed by atoms with Crippen LogP contribution in [0, 0.1) is 0 Å². The van der Waals surface area contributed by atoms with Gasteiger partial charge in [-0.3, -0.25) is 4.79 Å². The molecule has 0 bridgehead atoms. The molecule has 0 aliphatic heterocycles. The van der Waals surface area contributed by atoms with E-state index in [-0.39, 0.29) is 13.2 Å². The first-order valence-corrected chi connectivity index (χ1v) is 6.36. The van der Waals surface area contributed by atoms with Crippen molar-refractivity contribution in [2.75, 3.05) is 19.8 Å². The van der Waals surface area contributed by atoms with Gasteiger partial charge in [0, 0.05) is 13.5 Å². The molecular weight excluding hydrogens is 274 g/mol. The van der Waals surface area contributed by atoms with Crippen LogP contribution in [0.2, 0.25) is 0 Å². The molecule has 0 aliphatic carbocycles. The highest BCUT2D eigenvalue weighted by molar-refractivity contribution is 7.81. The highest BCUT2D eigenvalue weighted by Crippen LogP contribution is 1.94. The first-order valence-electron chi connectivity index (χ1n) is 5.03. The molecule has 0 amide bonds. The Balaban J connectivity index is -0.000000264. The Morgan fingerprint density at radius 2 is 1.42 bits per heavy atom. The van der Waals surface area contributed by atoms with Crippen molar-refractivity contribution < 1.29 is 26.7 Å². The Morgan fingerprint density at radius 3 is 1.58 bits per heavy atom. The van der Waals surface area contributed by atoms with E-state index in [9.17, 15) is 8.42 Å². The zero-order valence-corrected chi connectivity index (χ0v) is 11.8. The van der Waals surface area contributed by atoms with E-state index in [0.717, 1.165) is 6.92 Å². The summed E-state index contributed by atoms with van der Waals surface area (Å²) in [6, 6.07) is 0. The standard InChI is InChI=1S/C6H10O4S.C3H7N.C2H4O2/c1-3-5-9-11(7,8)10-6-4-2;1-2-3-4;1-2(3)4/h3-4H,1-2,5-6H2;2H,1,3-4H2;1H3,(H,3,4). The summed E-state index contributed by atoms with van der Waals surface area (Å²) in [6.45, 7) is 11.4. The lowest BCUT2D eigenvalue weighted by molar-refractivity contribution is -0.134. The van der Waals surface area contributed by atoms with Gasteiger partial charge in [-0.2, -0.15) is 8.42 Å². The van der Waals surface area contributed by atoms with Crippen LogP contribution in [0.3, 0.4) is 0 Å². The first kappa shape index (κ1) is 22.7. The van der Waals surface area contributed by atoms with E-state index < -0.39 is 16.4 Å². The van der Waals surface area contributed by atoms with Gasteiger partial charge in [0.2, 0.25) is 0 Å². The summed E-state index contributed by atoms with van der Waals surface area (Å²) in [5.74, 6) is -0.833. The fourth-order valence-corrected chi connectivity index (χ4v) is 0.891. The minimum absolute atomic E-state index is 0.0839. The maximum absolute atomic E-state index is 10.6. The topological polar surface area (TPSA) is 116 Å². The summed E-state index contributed by atoms with van der Waals surface area (Å²) < 4.78 is 29.7. The minimum Gasteiger partial charge on any atom is -0.481 e. The summed E-state index contributed by atoms with van der Waals surface area (Å²) in [5.41, 5.74) is 4.91. The van der Waals surface area contributed by atoms with Crippen LogP contribution in [0.5, 0.6) is 0 Å². The number of carboxylic acid groups (broad SMARTS) is 1. The molecule has 112 valence electrons. The maximum atomic E-state index is 10.6. The fourth-order valence-electron chi connectivity index (χ4n) is 0.297. The summed E-state index contributed by atoms with van der Waals surface area (Å²) in [7, 11) is -3.85. The fraction of sp³-hybridized carbons (Fsp3) is 0.364. The quantitative estimate of drug-likeness (QED) is 0.669. The van der Waals surface area contributed by atoms with E-state index in [2.05, 4.69) is 28.1 Å². The molecule has 0 aromatic rings. The number of hydrogen-bond acceptors (Lipinski definition) is 6. The maximum Gasteiger partial charge on any atom is 0.400 e. The molecule has 0 unspecified atom stereocenters. The van der Waals surface area contributed by atoms with Crippen LogP contribution >= 0.6 is 0 Å². The van der Waals surface area contributed by atoms with Crippen molar-refractivity contribution >= 4 is 16.4 Å². The molecular formula is C11H21NO6S. The molecule has 19 heavy (non-hydrogen) atoms. The second-order valence-electron chi connectivity index (χ2n) is 2.60. The summed E-state index contributed by atoms with van der Waals surface area (Å²) in [5, 5.41) is 7.42. The molecule has 0 aromatic carbocycles. The average molecular weight is 295 g/mol. The monoisotopic (exact) mass is 295 g/mol. The van der Waals surface area contributed by atoms with Gasteiger partial charge in [-0.15, -0.1) is 19.7 Å². The molecule has 0 saturated carbocycles. The molecule has 0 aliphatic rings. The van der Waals surface area contributed by atoms with Crippen molar-refractivity contribution in [3.63, 3.8) is 0 Å².